The maximum atomic E-state index is 14.9. The van der Waals surface area contributed by atoms with E-state index in [1.807, 2.05) is 33.9 Å². The Labute approximate surface area is 329 Å². The number of aromatic carboxylic acids is 1. The molecule has 2 N–H and O–H groups in total. The van der Waals surface area contributed by atoms with E-state index < -0.39 is 14.3 Å². The van der Waals surface area contributed by atoms with Crippen LogP contribution in [0.3, 0.4) is 0 Å². The molecular formula is C43H64N6O5Si. The highest BCUT2D eigenvalue weighted by atomic mass is 28.4. The molecule has 1 amide bonds. The number of aromatic nitrogens is 2. The molecule has 0 spiro atoms. The first-order valence-corrected chi connectivity index (χ1v) is 23.2. The minimum atomic E-state index is -1.99. The maximum absolute atomic E-state index is 14.9. The van der Waals surface area contributed by atoms with Crippen molar-refractivity contribution in [3.05, 3.63) is 76.1 Å². The molecule has 12 heteroatoms. The Balaban J connectivity index is 1.54. The molecule has 300 valence electrons. The van der Waals surface area contributed by atoms with Gasteiger partial charge in [-0.15, -0.1) is 0 Å². The third-order valence-corrected chi connectivity index (χ3v) is 16.4. The minimum absolute atomic E-state index is 0.0244. The summed E-state index contributed by atoms with van der Waals surface area (Å²) in [6.45, 7) is 23.1. The van der Waals surface area contributed by atoms with Gasteiger partial charge in [0.2, 0.25) is 0 Å². The second-order valence-electron chi connectivity index (χ2n) is 17.0. The number of likely N-dealkylation sites (N-methyl/N-ethyl adjacent to an activating group) is 1. The van der Waals surface area contributed by atoms with E-state index in [9.17, 15) is 19.5 Å². The number of unbranched alkanes of at least 4 members (excludes halogenated alkanes) is 2. The van der Waals surface area contributed by atoms with Crippen LogP contribution in [-0.4, -0.2) is 121 Å². The van der Waals surface area contributed by atoms with E-state index in [0.717, 1.165) is 69.5 Å². The van der Waals surface area contributed by atoms with Crippen LogP contribution in [0.25, 0.3) is 11.4 Å². The molecule has 3 aromatic rings. The molecule has 2 aliphatic heterocycles. The number of hydrogen-bond acceptors (Lipinski definition) is 8. The normalized spacial score (nSPS) is 16.9. The van der Waals surface area contributed by atoms with Gasteiger partial charge in [0.1, 0.15) is 11.5 Å². The third kappa shape index (κ3) is 10.4. The number of amides is 1. The molecule has 0 radical (unpaired) electrons. The van der Waals surface area contributed by atoms with E-state index in [-0.39, 0.29) is 33.9 Å². The lowest BCUT2D eigenvalue weighted by molar-refractivity contribution is 0.0695. The molecule has 1 atom stereocenters. The third-order valence-electron chi connectivity index (χ3n) is 11.9. The molecule has 2 aromatic carbocycles. The van der Waals surface area contributed by atoms with Crippen molar-refractivity contribution in [1.29, 1.82) is 0 Å². The van der Waals surface area contributed by atoms with Crippen LogP contribution in [0, 0.1) is 0 Å². The molecule has 2 aliphatic rings. The SMILES string of the molecule is CCCCN(CCCC)C(=O)c1cn(CCN2CCN(C)CC2)c(-c2ccc(C(=O)O)cc2C(=O)c2cccc3c2CC(CO[Si](C)(C)C(C)(C)C)NC3)n1. The Bertz CT molecular complexity index is 1800. The number of carboxylic acids is 1. The van der Waals surface area contributed by atoms with Crippen molar-refractivity contribution in [2.24, 2.45) is 0 Å². The summed E-state index contributed by atoms with van der Waals surface area (Å²) in [4.78, 5) is 53.0. The number of hydrogen-bond donors (Lipinski definition) is 2. The van der Waals surface area contributed by atoms with E-state index in [1.165, 1.54) is 12.1 Å². The van der Waals surface area contributed by atoms with Gasteiger partial charge >= 0.3 is 5.97 Å². The monoisotopic (exact) mass is 772 g/mol. The zero-order valence-corrected chi connectivity index (χ0v) is 35.5. The van der Waals surface area contributed by atoms with Gasteiger partial charge in [-0.2, -0.15) is 0 Å². The first-order chi connectivity index (χ1) is 26.1. The second-order valence-corrected chi connectivity index (χ2v) is 21.8. The molecule has 1 fully saturated rings. The standard InChI is InChI=1S/C43H64N6O5Si/c1-9-11-18-48(19-12-10-2)41(51)38-29-49(25-24-47-22-20-46(6)21-23-47)40(45-38)35-17-16-31(42(52)53)26-37(35)39(50)34-15-13-14-32-28-44-33(27-36(32)34)30-54-55(7,8)43(3,4)5/h13-17,26,29,33,44H,9-12,18-25,27-28,30H2,1-8H3,(H,52,53). The number of imidazole rings is 1. The van der Waals surface area contributed by atoms with Gasteiger partial charge in [0.05, 0.1) is 5.56 Å². The van der Waals surface area contributed by atoms with E-state index in [1.54, 1.807) is 6.07 Å². The molecule has 0 saturated carbocycles. The first-order valence-electron chi connectivity index (χ1n) is 20.3. The van der Waals surface area contributed by atoms with Crippen LogP contribution in [0.2, 0.25) is 18.1 Å². The smallest absolute Gasteiger partial charge is 0.335 e. The zero-order chi connectivity index (χ0) is 39.9. The van der Waals surface area contributed by atoms with Crippen LogP contribution < -0.4 is 5.32 Å². The Morgan fingerprint density at radius 1 is 0.982 bits per heavy atom. The molecule has 0 aliphatic carbocycles. The van der Waals surface area contributed by atoms with Crippen LogP contribution in [-0.2, 0) is 23.9 Å². The Morgan fingerprint density at radius 2 is 1.67 bits per heavy atom. The minimum Gasteiger partial charge on any atom is -0.478 e. The highest BCUT2D eigenvalue weighted by Gasteiger charge is 2.38. The van der Waals surface area contributed by atoms with Crippen LogP contribution in [0.15, 0.2) is 42.6 Å². The fourth-order valence-electron chi connectivity index (χ4n) is 7.08. The summed E-state index contributed by atoms with van der Waals surface area (Å²) in [5, 5.41) is 13.8. The molecule has 55 heavy (non-hydrogen) atoms. The maximum Gasteiger partial charge on any atom is 0.335 e. The van der Waals surface area contributed by atoms with Crippen molar-refractivity contribution in [3.63, 3.8) is 0 Å². The quantitative estimate of drug-likeness (QED) is 0.113. The lowest BCUT2D eigenvalue weighted by Gasteiger charge is -2.38. The van der Waals surface area contributed by atoms with Gasteiger partial charge in [-0.05, 0) is 73.8 Å². The molecule has 0 bridgehead atoms. The molecule has 5 rings (SSSR count). The summed E-state index contributed by atoms with van der Waals surface area (Å²) in [6, 6.07) is 10.5. The first kappa shape index (κ1) is 42.5. The van der Waals surface area contributed by atoms with Crippen molar-refractivity contribution in [2.75, 3.05) is 59.5 Å². The van der Waals surface area contributed by atoms with Gasteiger partial charge < -0.3 is 29.2 Å². The number of nitrogens with one attached hydrogen (secondary N) is 1. The van der Waals surface area contributed by atoms with Gasteiger partial charge in [0.25, 0.3) is 5.91 Å². The second kappa shape index (κ2) is 18.5. The van der Waals surface area contributed by atoms with E-state index in [0.29, 0.717) is 61.9 Å². The number of rotatable bonds is 17. The van der Waals surface area contributed by atoms with Crippen molar-refractivity contribution in [1.82, 2.24) is 29.6 Å². The summed E-state index contributed by atoms with van der Waals surface area (Å²) in [5.41, 5.74) is 3.71. The molecule has 3 heterocycles. The van der Waals surface area contributed by atoms with E-state index in [4.69, 9.17) is 9.41 Å². The number of carbonyl (C=O) groups is 3. The highest BCUT2D eigenvalue weighted by molar-refractivity contribution is 6.74. The number of nitrogens with zero attached hydrogens (tertiary/aromatic N) is 5. The summed E-state index contributed by atoms with van der Waals surface area (Å²) >= 11 is 0. The van der Waals surface area contributed by atoms with Crippen molar-refractivity contribution in [3.8, 4) is 11.4 Å². The van der Waals surface area contributed by atoms with Crippen LogP contribution >= 0.6 is 0 Å². The number of benzene rings is 2. The molecule has 1 aromatic heterocycles. The Kier molecular flexibility index (Phi) is 14.3. The molecule has 11 nitrogen and oxygen atoms in total. The van der Waals surface area contributed by atoms with Crippen molar-refractivity contribution in [2.45, 2.75) is 104 Å². The fraction of sp³-hybridized carbons (Fsp3) is 0.581. The lowest BCUT2D eigenvalue weighted by atomic mass is 9.87. The molecule has 1 unspecified atom stereocenters. The van der Waals surface area contributed by atoms with Gasteiger partial charge in [0.15, 0.2) is 14.1 Å². The average Bonchev–Trinajstić information content (AvgIpc) is 3.59. The van der Waals surface area contributed by atoms with Crippen molar-refractivity contribution < 1.29 is 23.9 Å². The topological polar surface area (TPSA) is 120 Å². The number of carbonyl (C=O) groups excluding carboxylic acids is 2. The fourth-order valence-corrected chi connectivity index (χ4v) is 8.13. The largest absolute Gasteiger partial charge is 0.478 e. The van der Waals surface area contributed by atoms with Gasteiger partial charge in [-0.3, -0.25) is 14.5 Å². The van der Waals surface area contributed by atoms with Gasteiger partial charge in [-0.25, -0.2) is 9.78 Å². The summed E-state index contributed by atoms with van der Waals surface area (Å²) in [6.07, 6.45) is 6.21. The summed E-state index contributed by atoms with van der Waals surface area (Å²) in [7, 11) is 0.145. The number of ketones is 1. The van der Waals surface area contributed by atoms with E-state index >= 15 is 0 Å². The predicted molar refractivity (Wildman–Crippen MR) is 222 cm³/mol. The Hall–Kier alpha value is -3.68. The number of fused-ring (bicyclic) bond motifs is 1. The molecular weight excluding hydrogens is 709 g/mol. The average molecular weight is 773 g/mol. The zero-order valence-electron chi connectivity index (χ0n) is 34.5. The van der Waals surface area contributed by atoms with Gasteiger partial charge in [0, 0.05) is 94.4 Å². The lowest BCUT2D eigenvalue weighted by Crippen LogP contribution is -2.47. The molecule has 1 saturated heterocycles. The number of piperazine rings is 1. The van der Waals surface area contributed by atoms with E-state index in [2.05, 4.69) is 69.9 Å². The summed E-state index contributed by atoms with van der Waals surface area (Å²) in [5.74, 6) is -0.989. The highest BCUT2D eigenvalue weighted by Crippen LogP contribution is 2.37. The van der Waals surface area contributed by atoms with Crippen LogP contribution in [0.1, 0.15) is 108 Å². The predicted octanol–water partition coefficient (Wildman–Crippen LogP) is 6.81. The van der Waals surface area contributed by atoms with Crippen molar-refractivity contribution >= 4 is 26.0 Å². The number of carboxylic acid groups (broad SMARTS) is 1. The van der Waals surface area contributed by atoms with Crippen LogP contribution in [0.5, 0.6) is 0 Å². The van der Waals surface area contributed by atoms with Gasteiger partial charge in [-0.1, -0.05) is 65.7 Å². The Morgan fingerprint density at radius 3 is 2.31 bits per heavy atom. The van der Waals surface area contributed by atoms with Crippen LogP contribution in [0.4, 0.5) is 0 Å². The summed E-state index contributed by atoms with van der Waals surface area (Å²) < 4.78 is 8.59.